The summed E-state index contributed by atoms with van der Waals surface area (Å²) in [6, 6.07) is 8.46. The summed E-state index contributed by atoms with van der Waals surface area (Å²) in [5, 5.41) is 0. The van der Waals surface area contributed by atoms with E-state index in [1.54, 1.807) is 0 Å². The summed E-state index contributed by atoms with van der Waals surface area (Å²) in [7, 11) is 0. The lowest BCUT2D eigenvalue weighted by atomic mass is 10.0. The first-order chi connectivity index (χ1) is 8.67. The predicted octanol–water partition coefficient (Wildman–Crippen LogP) is 3.92. The van der Waals surface area contributed by atoms with Gasteiger partial charge in [-0.2, -0.15) is 0 Å². The molecule has 1 aromatic carbocycles. The summed E-state index contributed by atoms with van der Waals surface area (Å²) in [6.45, 7) is 12.9. The highest BCUT2D eigenvalue weighted by molar-refractivity contribution is 5.28. The highest BCUT2D eigenvalue weighted by atomic mass is 16.5. The summed E-state index contributed by atoms with van der Waals surface area (Å²) < 4.78 is 5.78. The molecule has 0 aliphatic heterocycles. The lowest BCUT2D eigenvalue weighted by molar-refractivity contribution is 0.216. The molecule has 0 fully saturated rings. The summed E-state index contributed by atoms with van der Waals surface area (Å²) in [5.74, 6) is 1.56. The van der Waals surface area contributed by atoms with E-state index in [1.807, 2.05) is 0 Å². The van der Waals surface area contributed by atoms with E-state index < -0.39 is 0 Å². The second-order valence-corrected chi connectivity index (χ2v) is 5.01. The molecule has 2 nitrogen and oxygen atoms in total. The number of rotatable bonds is 8. The van der Waals surface area contributed by atoms with E-state index in [9.17, 15) is 0 Å². The second-order valence-electron chi connectivity index (χ2n) is 5.01. The smallest absolute Gasteiger partial charge is 0.119 e. The number of nitrogens with zero attached hydrogens (tertiary/aromatic N) is 1. The van der Waals surface area contributed by atoms with Crippen molar-refractivity contribution in [2.24, 2.45) is 0 Å². The van der Waals surface area contributed by atoms with Gasteiger partial charge in [0.15, 0.2) is 0 Å². The number of hydrogen-bond acceptors (Lipinski definition) is 2. The van der Waals surface area contributed by atoms with Gasteiger partial charge in [0.1, 0.15) is 12.4 Å². The van der Waals surface area contributed by atoms with E-state index in [2.05, 4.69) is 56.9 Å². The number of likely N-dealkylation sites (N-methyl/N-ethyl adjacent to an activating group) is 1. The van der Waals surface area contributed by atoms with Gasteiger partial charge in [-0.15, -0.1) is 0 Å². The zero-order valence-electron chi connectivity index (χ0n) is 12.3. The molecule has 0 bridgehead atoms. The van der Waals surface area contributed by atoms with Crippen molar-refractivity contribution in [1.82, 2.24) is 4.90 Å². The Morgan fingerprint density at radius 1 is 1.06 bits per heavy atom. The summed E-state index contributed by atoms with van der Waals surface area (Å²) >= 11 is 0. The normalized spacial score (nSPS) is 11.2. The van der Waals surface area contributed by atoms with Crippen LogP contribution in [-0.4, -0.2) is 31.1 Å². The Morgan fingerprint density at radius 2 is 1.72 bits per heavy atom. The van der Waals surface area contributed by atoms with Crippen molar-refractivity contribution in [3.05, 3.63) is 29.8 Å². The van der Waals surface area contributed by atoms with E-state index in [-0.39, 0.29) is 0 Å². The van der Waals surface area contributed by atoms with Crippen molar-refractivity contribution < 1.29 is 4.74 Å². The third kappa shape index (κ3) is 5.09. The van der Waals surface area contributed by atoms with Crippen LogP contribution in [0.2, 0.25) is 0 Å². The molecule has 1 aromatic rings. The van der Waals surface area contributed by atoms with Crippen LogP contribution in [0.25, 0.3) is 0 Å². The maximum absolute atomic E-state index is 5.78. The second kappa shape index (κ2) is 8.15. The molecule has 0 saturated heterocycles. The fourth-order valence-corrected chi connectivity index (χ4v) is 1.99. The molecule has 0 aromatic heterocycles. The van der Waals surface area contributed by atoms with Crippen LogP contribution < -0.4 is 4.74 Å². The quantitative estimate of drug-likeness (QED) is 0.692. The summed E-state index contributed by atoms with van der Waals surface area (Å²) in [5.41, 5.74) is 1.36. The average Bonchev–Trinajstić information content (AvgIpc) is 2.38. The molecule has 18 heavy (non-hydrogen) atoms. The first-order valence-corrected chi connectivity index (χ1v) is 7.12. The van der Waals surface area contributed by atoms with Crippen molar-refractivity contribution in [1.29, 1.82) is 0 Å². The molecule has 0 aliphatic carbocycles. The highest BCUT2D eigenvalue weighted by Crippen LogP contribution is 2.18. The fourth-order valence-electron chi connectivity index (χ4n) is 1.99. The third-order valence-corrected chi connectivity index (χ3v) is 3.21. The van der Waals surface area contributed by atoms with Crippen molar-refractivity contribution >= 4 is 0 Å². The van der Waals surface area contributed by atoms with Crippen LogP contribution in [0, 0.1) is 0 Å². The Labute approximate surface area is 112 Å². The number of hydrogen-bond donors (Lipinski definition) is 0. The van der Waals surface area contributed by atoms with Gasteiger partial charge in [-0.25, -0.2) is 0 Å². The van der Waals surface area contributed by atoms with Gasteiger partial charge in [0.25, 0.3) is 0 Å². The van der Waals surface area contributed by atoms with Crippen molar-refractivity contribution in [2.45, 2.75) is 40.0 Å². The van der Waals surface area contributed by atoms with Crippen LogP contribution in [0.15, 0.2) is 24.3 Å². The fraction of sp³-hybridized carbons (Fsp3) is 0.625. The van der Waals surface area contributed by atoms with E-state index in [4.69, 9.17) is 4.74 Å². The summed E-state index contributed by atoms with van der Waals surface area (Å²) in [4.78, 5) is 2.42. The number of ether oxygens (including phenoxy) is 1. The van der Waals surface area contributed by atoms with E-state index in [1.165, 1.54) is 12.0 Å². The Morgan fingerprint density at radius 3 is 2.22 bits per heavy atom. The van der Waals surface area contributed by atoms with Crippen LogP contribution in [0.1, 0.15) is 45.6 Å². The van der Waals surface area contributed by atoms with Crippen molar-refractivity contribution in [3.63, 3.8) is 0 Å². The SMILES string of the molecule is CCCN(CC)CCOc1ccc(C(C)C)cc1. The topological polar surface area (TPSA) is 12.5 Å². The van der Waals surface area contributed by atoms with Gasteiger partial charge in [-0.05, 0) is 43.1 Å². The van der Waals surface area contributed by atoms with Gasteiger partial charge in [0, 0.05) is 6.54 Å². The molecule has 0 spiro atoms. The van der Waals surface area contributed by atoms with E-state index >= 15 is 0 Å². The largest absolute Gasteiger partial charge is 0.492 e. The standard InChI is InChI=1S/C16H27NO/c1-5-11-17(6-2)12-13-18-16-9-7-15(8-10-16)14(3)4/h7-10,14H,5-6,11-13H2,1-4H3. The third-order valence-electron chi connectivity index (χ3n) is 3.21. The van der Waals surface area contributed by atoms with E-state index in [0.717, 1.165) is 32.0 Å². The molecule has 0 saturated carbocycles. The molecular formula is C16H27NO. The minimum Gasteiger partial charge on any atom is -0.492 e. The lowest BCUT2D eigenvalue weighted by Crippen LogP contribution is -2.28. The Balaban J connectivity index is 2.34. The molecule has 0 atom stereocenters. The molecule has 0 amide bonds. The van der Waals surface area contributed by atoms with E-state index in [0.29, 0.717) is 5.92 Å². The van der Waals surface area contributed by atoms with Crippen molar-refractivity contribution in [2.75, 3.05) is 26.2 Å². The van der Waals surface area contributed by atoms with Gasteiger partial charge in [0.05, 0.1) is 0 Å². The van der Waals surface area contributed by atoms with Gasteiger partial charge < -0.3 is 9.64 Å². The average molecular weight is 249 g/mol. The van der Waals surface area contributed by atoms with Crippen LogP contribution in [0.5, 0.6) is 5.75 Å². The Bertz CT molecular complexity index is 318. The van der Waals surface area contributed by atoms with Crippen LogP contribution in [0.4, 0.5) is 0 Å². The zero-order valence-corrected chi connectivity index (χ0v) is 12.3. The van der Waals surface area contributed by atoms with Crippen LogP contribution in [0.3, 0.4) is 0 Å². The highest BCUT2D eigenvalue weighted by Gasteiger charge is 2.02. The predicted molar refractivity (Wildman–Crippen MR) is 78.4 cm³/mol. The summed E-state index contributed by atoms with van der Waals surface area (Å²) in [6.07, 6.45) is 1.21. The molecule has 0 unspecified atom stereocenters. The molecule has 0 aliphatic rings. The zero-order chi connectivity index (χ0) is 13.4. The minimum absolute atomic E-state index is 0.583. The molecule has 1 rings (SSSR count). The molecule has 102 valence electrons. The monoisotopic (exact) mass is 249 g/mol. The molecule has 0 N–H and O–H groups in total. The van der Waals surface area contributed by atoms with Gasteiger partial charge in [-0.3, -0.25) is 0 Å². The van der Waals surface area contributed by atoms with Crippen LogP contribution in [-0.2, 0) is 0 Å². The van der Waals surface area contributed by atoms with Gasteiger partial charge >= 0.3 is 0 Å². The Kier molecular flexibility index (Phi) is 6.81. The molecular weight excluding hydrogens is 222 g/mol. The molecule has 0 radical (unpaired) electrons. The lowest BCUT2D eigenvalue weighted by Gasteiger charge is -2.19. The Hall–Kier alpha value is -1.02. The first kappa shape index (κ1) is 15.0. The maximum atomic E-state index is 5.78. The van der Waals surface area contributed by atoms with Crippen LogP contribution >= 0.6 is 0 Å². The molecule has 2 heteroatoms. The maximum Gasteiger partial charge on any atom is 0.119 e. The van der Waals surface area contributed by atoms with Gasteiger partial charge in [-0.1, -0.05) is 39.8 Å². The first-order valence-electron chi connectivity index (χ1n) is 7.12. The minimum atomic E-state index is 0.583. The van der Waals surface area contributed by atoms with Crippen molar-refractivity contribution in [3.8, 4) is 5.75 Å². The number of benzene rings is 1. The van der Waals surface area contributed by atoms with Gasteiger partial charge in [0.2, 0.25) is 0 Å². The molecule has 0 heterocycles.